The number of rotatable bonds is 6. The smallest absolute Gasteiger partial charge is 0.378 e. The predicted molar refractivity (Wildman–Crippen MR) is 73.1 cm³/mol. The molecule has 0 saturated carbocycles. The van der Waals surface area contributed by atoms with Gasteiger partial charge in [0.15, 0.2) is 5.13 Å². The first kappa shape index (κ1) is 17.7. The van der Waals surface area contributed by atoms with Gasteiger partial charge in [0.25, 0.3) is 0 Å². The average Bonchev–Trinajstić information content (AvgIpc) is 2.94. The Kier molecular flexibility index (Phi) is 6.43. The van der Waals surface area contributed by atoms with Crippen LogP contribution in [0.25, 0.3) is 0 Å². The summed E-state index contributed by atoms with van der Waals surface area (Å²) in [6.45, 7) is -1.18. The highest BCUT2D eigenvalue weighted by Crippen LogP contribution is 2.17. The summed E-state index contributed by atoms with van der Waals surface area (Å²) in [4.78, 5) is 0.809. The van der Waals surface area contributed by atoms with Crippen LogP contribution in [0.5, 0.6) is 0 Å². The molecule has 0 atom stereocenters. The van der Waals surface area contributed by atoms with Crippen molar-refractivity contribution in [3.05, 3.63) is 34.5 Å². The first-order valence-electron chi connectivity index (χ1n) is 5.57. The van der Waals surface area contributed by atoms with E-state index in [0.29, 0.717) is 12.2 Å². The van der Waals surface area contributed by atoms with Gasteiger partial charge in [-0.1, -0.05) is 0 Å². The van der Waals surface area contributed by atoms with Crippen LogP contribution >= 0.6 is 23.7 Å². The van der Waals surface area contributed by atoms with Crippen molar-refractivity contribution < 1.29 is 22.3 Å². The molecule has 0 bridgehead atoms. The standard InChI is InChI=1S/C11H11F4N3OS.ClH/c12-10-2-1-9(20-10)4-16-8-3-17-18(5-8)7-19-6-11(13,14)15;/h1-3,5,16H,4,6-7H2;1H. The van der Waals surface area contributed by atoms with Gasteiger partial charge in [0, 0.05) is 11.4 Å². The molecule has 0 saturated heterocycles. The van der Waals surface area contributed by atoms with Gasteiger partial charge < -0.3 is 10.1 Å². The third kappa shape index (κ3) is 6.32. The lowest BCUT2D eigenvalue weighted by Gasteiger charge is -2.07. The van der Waals surface area contributed by atoms with Crippen molar-refractivity contribution >= 4 is 29.4 Å². The van der Waals surface area contributed by atoms with Crippen LogP contribution in [0.1, 0.15) is 4.88 Å². The van der Waals surface area contributed by atoms with Crippen LogP contribution in [-0.4, -0.2) is 22.6 Å². The minimum Gasteiger partial charge on any atom is -0.378 e. The second kappa shape index (κ2) is 7.62. The molecule has 0 fully saturated rings. The van der Waals surface area contributed by atoms with Crippen LogP contribution in [0.15, 0.2) is 24.5 Å². The maximum absolute atomic E-state index is 12.8. The largest absolute Gasteiger partial charge is 0.411 e. The zero-order valence-corrected chi connectivity index (χ0v) is 12.2. The van der Waals surface area contributed by atoms with Crippen molar-refractivity contribution in [1.82, 2.24) is 9.78 Å². The Balaban J connectivity index is 0.00000220. The van der Waals surface area contributed by atoms with Crippen LogP contribution in [-0.2, 0) is 18.0 Å². The van der Waals surface area contributed by atoms with E-state index in [1.807, 2.05) is 0 Å². The zero-order chi connectivity index (χ0) is 14.6. The van der Waals surface area contributed by atoms with Gasteiger partial charge in [-0.15, -0.1) is 23.7 Å². The Morgan fingerprint density at radius 1 is 1.33 bits per heavy atom. The maximum Gasteiger partial charge on any atom is 0.411 e. The Labute approximate surface area is 128 Å². The summed E-state index contributed by atoms with van der Waals surface area (Å²) in [5.74, 6) is 0. The molecule has 2 aromatic rings. The number of halogens is 5. The number of aromatic nitrogens is 2. The molecule has 21 heavy (non-hydrogen) atoms. The summed E-state index contributed by atoms with van der Waals surface area (Å²) in [6, 6.07) is 3.03. The van der Waals surface area contributed by atoms with Gasteiger partial charge in [0.2, 0.25) is 0 Å². The van der Waals surface area contributed by atoms with E-state index >= 15 is 0 Å². The van der Waals surface area contributed by atoms with Crippen molar-refractivity contribution in [3.63, 3.8) is 0 Å². The molecule has 0 unspecified atom stereocenters. The number of ether oxygens (including phenoxy) is 1. The monoisotopic (exact) mass is 345 g/mol. The molecule has 0 amide bonds. The van der Waals surface area contributed by atoms with Gasteiger partial charge in [-0.25, -0.2) is 4.68 Å². The summed E-state index contributed by atoms with van der Waals surface area (Å²) in [5.41, 5.74) is 0.620. The van der Waals surface area contributed by atoms with E-state index in [4.69, 9.17) is 0 Å². The molecule has 0 aliphatic heterocycles. The lowest BCUT2D eigenvalue weighted by molar-refractivity contribution is -0.182. The number of alkyl halides is 3. The molecule has 2 aromatic heterocycles. The van der Waals surface area contributed by atoms with Crippen LogP contribution in [0, 0.1) is 5.13 Å². The quantitative estimate of drug-likeness (QED) is 0.812. The fourth-order valence-corrected chi connectivity index (χ4v) is 2.08. The number of nitrogens with zero attached hydrogens (tertiary/aromatic N) is 2. The Morgan fingerprint density at radius 3 is 2.71 bits per heavy atom. The molecule has 2 heterocycles. The van der Waals surface area contributed by atoms with E-state index in [2.05, 4.69) is 15.2 Å². The van der Waals surface area contributed by atoms with E-state index in [1.54, 1.807) is 6.07 Å². The lowest BCUT2D eigenvalue weighted by Crippen LogP contribution is -2.18. The topological polar surface area (TPSA) is 39.1 Å². The predicted octanol–water partition coefficient (Wildman–Crippen LogP) is 3.65. The number of thiophene rings is 1. The average molecular weight is 346 g/mol. The van der Waals surface area contributed by atoms with E-state index < -0.39 is 12.8 Å². The molecule has 118 valence electrons. The number of anilines is 1. The fraction of sp³-hybridized carbons (Fsp3) is 0.364. The number of hydrogen-bond acceptors (Lipinski definition) is 4. The first-order chi connectivity index (χ1) is 9.42. The molecular weight excluding hydrogens is 334 g/mol. The van der Waals surface area contributed by atoms with E-state index in [9.17, 15) is 17.6 Å². The minimum atomic E-state index is -4.35. The number of nitrogens with one attached hydrogen (secondary N) is 1. The summed E-state index contributed by atoms with van der Waals surface area (Å²) < 4.78 is 54.1. The van der Waals surface area contributed by atoms with Gasteiger partial charge in [0.1, 0.15) is 13.3 Å². The highest BCUT2D eigenvalue weighted by molar-refractivity contribution is 7.10. The van der Waals surface area contributed by atoms with Crippen LogP contribution < -0.4 is 5.32 Å². The van der Waals surface area contributed by atoms with Crippen molar-refractivity contribution in [3.8, 4) is 0 Å². The van der Waals surface area contributed by atoms with Crippen molar-refractivity contribution in [2.45, 2.75) is 19.5 Å². The second-order valence-electron chi connectivity index (χ2n) is 3.92. The molecule has 0 aromatic carbocycles. The maximum atomic E-state index is 12.8. The Bertz CT molecular complexity index is 558. The van der Waals surface area contributed by atoms with Gasteiger partial charge >= 0.3 is 6.18 Å². The SMILES string of the molecule is Cl.Fc1ccc(CNc2cnn(COCC(F)(F)F)c2)s1. The van der Waals surface area contributed by atoms with Crippen molar-refractivity contribution in [2.24, 2.45) is 0 Å². The summed E-state index contributed by atoms with van der Waals surface area (Å²) in [6.07, 6.45) is -1.38. The second-order valence-corrected chi connectivity index (χ2v) is 5.04. The van der Waals surface area contributed by atoms with E-state index in [-0.39, 0.29) is 24.3 Å². The van der Waals surface area contributed by atoms with Crippen molar-refractivity contribution in [2.75, 3.05) is 11.9 Å². The Hall–Kier alpha value is -1.32. The molecule has 1 N–H and O–H groups in total. The minimum absolute atomic E-state index is 0. The van der Waals surface area contributed by atoms with Crippen molar-refractivity contribution in [1.29, 1.82) is 0 Å². The summed E-state index contributed by atoms with van der Waals surface area (Å²) in [5, 5.41) is 6.56. The molecule has 0 aliphatic carbocycles. The van der Waals surface area contributed by atoms with Gasteiger partial charge in [-0.3, -0.25) is 0 Å². The van der Waals surface area contributed by atoms with Crippen LogP contribution in [0.2, 0.25) is 0 Å². The van der Waals surface area contributed by atoms with Gasteiger partial charge in [-0.2, -0.15) is 22.7 Å². The first-order valence-corrected chi connectivity index (χ1v) is 6.39. The molecule has 10 heteroatoms. The molecular formula is C11H12ClF4N3OS. The number of hydrogen-bond donors (Lipinski definition) is 1. The zero-order valence-electron chi connectivity index (χ0n) is 10.6. The normalized spacial score (nSPS) is 11.2. The van der Waals surface area contributed by atoms with E-state index in [0.717, 1.165) is 16.2 Å². The van der Waals surface area contributed by atoms with Gasteiger partial charge in [-0.05, 0) is 12.1 Å². The highest BCUT2D eigenvalue weighted by Gasteiger charge is 2.27. The third-order valence-electron chi connectivity index (χ3n) is 2.22. The van der Waals surface area contributed by atoms with E-state index in [1.165, 1.54) is 23.1 Å². The summed E-state index contributed by atoms with van der Waals surface area (Å²) >= 11 is 1.02. The summed E-state index contributed by atoms with van der Waals surface area (Å²) in [7, 11) is 0. The molecule has 0 radical (unpaired) electrons. The fourth-order valence-electron chi connectivity index (χ4n) is 1.42. The molecule has 2 rings (SSSR count). The van der Waals surface area contributed by atoms with Crippen LogP contribution in [0.3, 0.4) is 0 Å². The Morgan fingerprint density at radius 2 is 2.10 bits per heavy atom. The van der Waals surface area contributed by atoms with Crippen LogP contribution in [0.4, 0.5) is 23.2 Å². The molecule has 0 aliphatic rings. The van der Waals surface area contributed by atoms with Gasteiger partial charge in [0.05, 0.1) is 18.1 Å². The highest BCUT2D eigenvalue weighted by atomic mass is 35.5. The molecule has 4 nitrogen and oxygen atoms in total. The lowest BCUT2D eigenvalue weighted by atomic mass is 10.4. The third-order valence-corrected chi connectivity index (χ3v) is 3.09. The molecule has 0 spiro atoms.